The van der Waals surface area contributed by atoms with Crippen molar-refractivity contribution >= 4 is 58.7 Å². The van der Waals surface area contributed by atoms with Crippen molar-refractivity contribution in [3.8, 4) is 0 Å². The molecule has 1 aromatic heterocycles. The number of aromatic nitrogens is 1. The molecule has 3 aromatic rings. The Morgan fingerprint density at radius 2 is 1.71 bits per heavy atom. The summed E-state index contributed by atoms with van der Waals surface area (Å²) in [7, 11) is -7.00. The third-order valence-electron chi connectivity index (χ3n) is 4.51. The zero-order valence-electron chi connectivity index (χ0n) is 16.9. The summed E-state index contributed by atoms with van der Waals surface area (Å²) in [6.07, 6.45) is 1.66. The first-order valence-corrected chi connectivity index (χ1v) is 14.1. The first-order valence-electron chi connectivity index (χ1n) is 9.40. The Morgan fingerprint density at radius 1 is 1.06 bits per heavy atom. The first kappa shape index (κ1) is 23.6. The van der Waals surface area contributed by atoms with E-state index in [2.05, 4.69) is 4.99 Å². The van der Waals surface area contributed by atoms with Crippen LogP contribution in [0.15, 0.2) is 57.2 Å². The summed E-state index contributed by atoms with van der Waals surface area (Å²) in [4.78, 5) is 17.3. The van der Waals surface area contributed by atoms with Crippen molar-refractivity contribution in [2.45, 2.75) is 36.1 Å². The van der Waals surface area contributed by atoms with Crippen LogP contribution >= 0.6 is 22.9 Å². The third-order valence-corrected chi connectivity index (χ3v) is 8.64. The maximum Gasteiger partial charge on any atom is 0.249 e. The van der Waals surface area contributed by atoms with Gasteiger partial charge in [0.25, 0.3) is 0 Å². The molecule has 0 bridgehead atoms. The van der Waals surface area contributed by atoms with Gasteiger partial charge in [0.2, 0.25) is 5.91 Å². The molecule has 1 heterocycles. The molecule has 0 fully saturated rings. The second kappa shape index (κ2) is 9.23. The van der Waals surface area contributed by atoms with E-state index in [1.165, 1.54) is 41.7 Å². The van der Waals surface area contributed by atoms with E-state index >= 15 is 0 Å². The largest absolute Gasteiger partial charge is 0.316 e. The maximum atomic E-state index is 12.4. The van der Waals surface area contributed by atoms with Gasteiger partial charge in [0.15, 0.2) is 24.5 Å². The van der Waals surface area contributed by atoms with Crippen molar-refractivity contribution in [1.82, 2.24) is 4.57 Å². The fraction of sp³-hybridized carbons (Fsp3) is 0.300. The zero-order valence-corrected chi connectivity index (χ0v) is 20.1. The van der Waals surface area contributed by atoms with E-state index in [-0.39, 0.29) is 22.0 Å². The summed E-state index contributed by atoms with van der Waals surface area (Å²) < 4.78 is 51.1. The van der Waals surface area contributed by atoms with E-state index in [1.807, 2.05) is 11.5 Å². The van der Waals surface area contributed by atoms with Crippen LogP contribution in [0.25, 0.3) is 10.2 Å². The molecule has 0 N–H and O–H groups in total. The van der Waals surface area contributed by atoms with Gasteiger partial charge in [-0.25, -0.2) is 16.8 Å². The van der Waals surface area contributed by atoms with E-state index in [0.29, 0.717) is 21.1 Å². The fourth-order valence-corrected chi connectivity index (χ4v) is 6.14. The summed E-state index contributed by atoms with van der Waals surface area (Å²) in [5.41, 5.74) is 0.777. The van der Waals surface area contributed by atoms with Crippen molar-refractivity contribution in [2.75, 3.05) is 12.0 Å². The van der Waals surface area contributed by atoms with Crippen LogP contribution in [0.2, 0.25) is 5.02 Å². The predicted molar refractivity (Wildman–Crippen MR) is 122 cm³/mol. The molecule has 0 unspecified atom stereocenters. The molecule has 0 radical (unpaired) electrons. The number of sulfone groups is 2. The van der Waals surface area contributed by atoms with Gasteiger partial charge in [0, 0.05) is 24.2 Å². The number of aryl methyl sites for hydroxylation is 1. The highest BCUT2D eigenvalue weighted by Crippen LogP contribution is 2.22. The van der Waals surface area contributed by atoms with Crippen molar-refractivity contribution in [3.05, 3.63) is 52.3 Å². The number of rotatable bonds is 7. The van der Waals surface area contributed by atoms with Crippen LogP contribution in [0.5, 0.6) is 0 Å². The van der Waals surface area contributed by atoms with Gasteiger partial charge in [-0.3, -0.25) is 4.79 Å². The molecule has 0 aliphatic carbocycles. The number of halogens is 1. The lowest BCUT2D eigenvalue weighted by Crippen LogP contribution is -2.18. The van der Waals surface area contributed by atoms with Crippen molar-refractivity contribution in [2.24, 2.45) is 4.99 Å². The molecule has 0 saturated heterocycles. The SMILES string of the molecule is CCCn1c(=NC(=O)CCS(=O)(=O)c2ccc(Cl)cc2)sc2cc(S(C)(=O)=O)ccc21. The Balaban J connectivity index is 1.90. The minimum Gasteiger partial charge on any atom is -0.316 e. The summed E-state index contributed by atoms with van der Waals surface area (Å²) in [6, 6.07) is 10.6. The zero-order chi connectivity index (χ0) is 22.8. The van der Waals surface area contributed by atoms with Crippen LogP contribution in [-0.2, 0) is 31.0 Å². The third kappa shape index (κ3) is 5.62. The van der Waals surface area contributed by atoms with Gasteiger partial charge in [-0.2, -0.15) is 4.99 Å². The van der Waals surface area contributed by atoms with Crippen molar-refractivity contribution < 1.29 is 21.6 Å². The molecule has 0 atom stereocenters. The lowest BCUT2D eigenvalue weighted by Gasteiger charge is -2.04. The van der Waals surface area contributed by atoms with E-state index in [0.717, 1.165) is 18.2 Å². The van der Waals surface area contributed by atoms with Crippen molar-refractivity contribution in [1.29, 1.82) is 0 Å². The van der Waals surface area contributed by atoms with E-state index < -0.39 is 25.6 Å². The van der Waals surface area contributed by atoms with Crippen LogP contribution in [0.4, 0.5) is 0 Å². The summed E-state index contributed by atoms with van der Waals surface area (Å²) in [5.74, 6) is -0.925. The highest BCUT2D eigenvalue weighted by Gasteiger charge is 2.17. The smallest absolute Gasteiger partial charge is 0.249 e. The van der Waals surface area contributed by atoms with Gasteiger partial charge in [-0.05, 0) is 48.9 Å². The quantitative estimate of drug-likeness (QED) is 0.494. The molecule has 0 spiro atoms. The van der Waals surface area contributed by atoms with Crippen LogP contribution in [0, 0.1) is 0 Å². The Bertz CT molecular complexity index is 1400. The van der Waals surface area contributed by atoms with E-state index in [9.17, 15) is 21.6 Å². The Labute approximate surface area is 189 Å². The summed E-state index contributed by atoms with van der Waals surface area (Å²) in [5, 5.41) is 0.425. The highest BCUT2D eigenvalue weighted by molar-refractivity contribution is 7.91. The standard InChI is InChI=1S/C20H21ClN2O5S3/c1-3-11-23-17-9-8-16(30(2,25)26)13-18(17)29-20(23)22-19(24)10-12-31(27,28)15-6-4-14(21)5-7-15/h4-9,13H,3,10-12H2,1-2H3. The average Bonchev–Trinajstić information content (AvgIpc) is 3.03. The van der Waals surface area contributed by atoms with Crippen LogP contribution in [-0.4, -0.2) is 39.3 Å². The molecular weight excluding hydrogens is 480 g/mol. The van der Waals surface area contributed by atoms with Gasteiger partial charge in [-0.1, -0.05) is 29.9 Å². The molecule has 7 nitrogen and oxygen atoms in total. The van der Waals surface area contributed by atoms with Gasteiger partial charge in [-0.15, -0.1) is 0 Å². The number of benzene rings is 2. The number of amides is 1. The molecule has 2 aromatic carbocycles. The van der Waals surface area contributed by atoms with E-state index in [4.69, 9.17) is 11.6 Å². The molecule has 1 amide bonds. The summed E-state index contributed by atoms with van der Waals surface area (Å²) >= 11 is 6.99. The van der Waals surface area contributed by atoms with Crippen LogP contribution in [0.3, 0.4) is 0 Å². The minimum atomic E-state index is -3.64. The number of hydrogen-bond donors (Lipinski definition) is 0. The number of nitrogens with zero attached hydrogens (tertiary/aromatic N) is 2. The molecule has 3 rings (SSSR count). The monoisotopic (exact) mass is 500 g/mol. The number of carbonyl (C=O) groups is 1. The predicted octanol–water partition coefficient (Wildman–Crippen LogP) is 3.46. The van der Waals surface area contributed by atoms with Gasteiger partial charge in [0.05, 0.1) is 25.8 Å². The Hall–Kier alpha value is -2.01. The molecular formula is C20H21ClN2O5S3. The highest BCUT2D eigenvalue weighted by atomic mass is 35.5. The molecule has 166 valence electrons. The normalized spacial score (nSPS) is 13.1. The second-order valence-corrected chi connectivity index (χ2v) is 12.5. The Morgan fingerprint density at radius 3 is 2.32 bits per heavy atom. The number of hydrogen-bond acceptors (Lipinski definition) is 6. The van der Waals surface area contributed by atoms with Crippen LogP contribution in [0.1, 0.15) is 19.8 Å². The van der Waals surface area contributed by atoms with Gasteiger partial charge in [0.1, 0.15) is 0 Å². The lowest BCUT2D eigenvalue weighted by atomic mass is 10.3. The number of fused-ring (bicyclic) bond motifs is 1. The Kier molecular flexibility index (Phi) is 7.04. The first-order chi connectivity index (χ1) is 14.5. The molecule has 11 heteroatoms. The topological polar surface area (TPSA) is 103 Å². The minimum absolute atomic E-state index is 0.0981. The maximum absolute atomic E-state index is 12.4. The van der Waals surface area contributed by atoms with Gasteiger partial charge < -0.3 is 4.57 Å². The second-order valence-electron chi connectivity index (χ2n) is 6.97. The molecule has 0 saturated carbocycles. The average molecular weight is 501 g/mol. The van der Waals surface area contributed by atoms with Crippen LogP contribution < -0.4 is 4.80 Å². The van der Waals surface area contributed by atoms with Crippen molar-refractivity contribution in [3.63, 3.8) is 0 Å². The molecule has 31 heavy (non-hydrogen) atoms. The molecule has 0 aliphatic heterocycles. The van der Waals surface area contributed by atoms with Gasteiger partial charge >= 0.3 is 0 Å². The number of carbonyl (C=O) groups excluding carboxylic acids is 1. The molecule has 0 aliphatic rings. The van der Waals surface area contributed by atoms with E-state index in [1.54, 1.807) is 12.1 Å². The summed E-state index contributed by atoms with van der Waals surface area (Å²) in [6.45, 7) is 2.57. The lowest BCUT2D eigenvalue weighted by molar-refractivity contribution is -0.117. The number of thiazole rings is 1. The fourth-order valence-electron chi connectivity index (χ4n) is 2.95.